The zero-order valence-corrected chi connectivity index (χ0v) is 16.9. The lowest BCUT2D eigenvalue weighted by Gasteiger charge is -2.17. The van der Waals surface area contributed by atoms with Crippen LogP contribution in [0.2, 0.25) is 0 Å². The lowest BCUT2D eigenvalue weighted by Crippen LogP contribution is -2.25. The smallest absolute Gasteiger partial charge is 0.251 e. The molecule has 3 rings (SSSR count). The second-order valence-electron chi connectivity index (χ2n) is 7.04. The van der Waals surface area contributed by atoms with Crippen LogP contribution in [-0.2, 0) is 4.79 Å². The van der Waals surface area contributed by atoms with Crippen molar-refractivity contribution in [1.82, 2.24) is 10.6 Å². The van der Waals surface area contributed by atoms with Crippen molar-refractivity contribution < 1.29 is 19.1 Å². The summed E-state index contributed by atoms with van der Waals surface area (Å²) >= 11 is 0. The zero-order valence-electron chi connectivity index (χ0n) is 16.9. The Balaban J connectivity index is 1.58. The Hall–Kier alpha value is -3.28. The highest BCUT2D eigenvalue weighted by molar-refractivity contribution is 5.95. The predicted octanol–water partition coefficient (Wildman–Crippen LogP) is 3.49. The Bertz CT molecular complexity index is 902. The predicted molar refractivity (Wildman–Crippen MR) is 112 cm³/mol. The number of amides is 2. The third kappa shape index (κ3) is 5.60. The van der Waals surface area contributed by atoms with Gasteiger partial charge in [0.15, 0.2) is 0 Å². The number of benzene rings is 2. The standard InChI is InChI=1S/C23H26N2O4/c1-15(20-12-11-19(28-2)14-21(20)29-3)24-22(26)13-6-16-4-7-17(8-5-16)23(27)25-18-9-10-18/h4-8,11-15,18H,9-10H2,1-3H3,(H,24,26)(H,25,27)/b13-6+. The van der Waals surface area contributed by atoms with Crippen molar-refractivity contribution in [3.63, 3.8) is 0 Å². The average molecular weight is 394 g/mol. The number of carbonyl (C=O) groups excluding carboxylic acids is 2. The number of rotatable bonds is 8. The molecule has 1 fully saturated rings. The van der Waals surface area contributed by atoms with Crippen LogP contribution >= 0.6 is 0 Å². The van der Waals surface area contributed by atoms with Crippen molar-refractivity contribution in [2.75, 3.05) is 14.2 Å². The Morgan fingerprint density at radius 1 is 1.07 bits per heavy atom. The van der Waals surface area contributed by atoms with Crippen LogP contribution in [0.25, 0.3) is 6.08 Å². The number of carbonyl (C=O) groups is 2. The fourth-order valence-corrected chi connectivity index (χ4v) is 2.93. The minimum Gasteiger partial charge on any atom is -0.497 e. The van der Waals surface area contributed by atoms with E-state index in [1.54, 1.807) is 38.5 Å². The van der Waals surface area contributed by atoms with Gasteiger partial charge in [0, 0.05) is 29.3 Å². The molecular weight excluding hydrogens is 368 g/mol. The van der Waals surface area contributed by atoms with Crippen molar-refractivity contribution in [1.29, 1.82) is 0 Å². The first kappa shape index (κ1) is 20.5. The molecule has 1 saturated carbocycles. The molecule has 6 heteroatoms. The van der Waals surface area contributed by atoms with Crippen LogP contribution in [0, 0.1) is 0 Å². The molecule has 2 aromatic rings. The average Bonchev–Trinajstić information content (AvgIpc) is 3.56. The summed E-state index contributed by atoms with van der Waals surface area (Å²) in [6.07, 6.45) is 5.31. The molecule has 2 N–H and O–H groups in total. The van der Waals surface area contributed by atoms with Crippen molar-refractivity contribution in [2.24, 2.45) is 0 Å². The second-order valence-corrected chi connectivity index (χ2v) is 7.04. The van der Waals surface area contributed by atoms with Crippen LogP contribution < -0.4 is 20.1 Å². The number of hydrogen-bond donors (Lipinski definition) is 2. The molecule has 0 aromatic heterocycles. The summed E-state index contributed by atoms with van der Waals surface area (Å²) in [5.74, 6) is 1.08. The van der Waals surface area contributed by atoms with Gasteiger partial charge in [0.05, 0.1) is 20.3 Å². The molecule has 0 saturated heterocycles. The normalized spacial score (nSPS) is 14.3. The number of hydrogen-bond acceptors (Lipinski definition) is 4. The molecule has 152 valence electrons. The fourth-order valence-electron chi connectivity index (χ4n) is 2.93. The quantitative estimate of drug-likeness (QED) is 0.672. The Labute approximate surface area is 170 Å². The first-order chi connectivity index (χ1) is 14.0. The summed E-state index contributed by atoms with van der Waals surface area (Å²) in [4.78, 5) is 24.3. The summed E-state index contributed by atoms with van der Waals surface area (Å²) in [5, 5.41) is 5.88. The maximum atomic E-state index is 12.3. The molecule has 0 spiro atoms. The van der Waals surface area contributed by atoms with E-state index in [2.05, 4.69) is 10.6 Å². The van der Waals surface area contributed by atoms with E-state index < -0.39 is 0 Å². The minimum absolute atomic E-state index is 0.0527. The molecule has 2 amide bonds. The lowest BCUT2D eigenvalue weighted by atomic mass is 10.1. The van der Waals surface area contributed by atoms with Crippen LogP contribution in [0.15, 0.2) is 48.5 Å². The lowest BCUT2D eigenvalue weighted by molar-refractivity contribution is -0.117. The van der Waals surface area contributed by atoms with Gasteiger partial charge in [-0.25, -0.2) is 0 Å². The van der Waals surface area contributed by atoms with Gasteiger partial charge in [-0.3, -0.25) is 9.59 Å². The van der Waals surface area contributed by atoms with Gasteiger partial charge >= 0.3 is 0 Å². The van der Waals surface area contributed by atoms with E-state index in [0.29, 0.717) is 23.1 Å². The number of methoxy groups -OCH3 is 2. The summed E-state index contributed by atoms with van der Waals surface area (Å²) < 4.78 is 10.6. The van der Waals surface area contributed by atoms with Crippen LogP contribution in [-0.4, -0.2) is 32.1 Å². The Morgan fingerprint density at radius 3 is 2.41 bits per heavy atom. The molecule has 2 aromatic carbocycles. The second kappa shape index (κ2) is 9.28. The molecule has 1 unspecified atom stereocenters. The number of nitrogens with one attached hydrogen (secondary N) is 2. The third-order valence-electron chi connectivity index (χ3n) is 4.78. The van der Waals surface area contributed by atoms with Crippen LogP contribution in [0.3, 0.4) is 0 Å². The maximum absolute atomic E-state index is 12.3. The van der Waals surface area contributed by atoms with E-state index in [1.165, 1.54) is 6.08 Å². The van der Waals surface area contributed by atoms with Gasteiger partial charge in [-0.2, -0.15) is 0 Å². The molecule has 0 aliphatic heterocycles. The van der Waals surface area contributed by atoms with Gasteiger partial charge in [0.25, 0.3) is 5.91 Å². The monoisotopic (exact) mass is 394 g/mol. The number of ether oxygens (including phenoxy) is 2. The van der Waals surface area contributed by atoms with E-state index in [1.807, 2.05) is 31.2 Å². The SMILES string of the molecule is COc1ccc(C(C)NC(=O)/C=C/c2ccc(C(=O)NC3CC3)cc2)c(OC)c1. The van der Waals surface area contributed by atoms with E-state index in [-0.39, 0.29) is 17.9 Å². The molecular formula is C23H26N2O4. The van der Waals surface area contributed by atoms with Crippen LogP contribution in [0.4, 0.5) is 0 Å². The molecule has 1 aliphatic rings. The summed E-state index contributed by atoms with van der Waals surface area (Å²) in [6, 6.07) is 12.8. The topological polar surface area (TPSA) is 76.7 Å². The molecule has 0 bridgehead atoms. The highest BCUT2D eigenvalue weighted by Gasteiger charge is 2.23. The van der Waals surface area contributed by atoms with E-state index in [0.717, 1.165) is 24.0 Å². The Kier molecular flexibility index (Phi) is 6.54. The van der Waals surface area contributed by atoms with E-state index in [9.17, 15) is 9.59 Å². The van der Waals surface area contributed by atoms with E-state index >= 15 is 0 Å². The van der Waals surface area contributed by atoms with Crippen molar-refractivity contribution in [3.8, 4) is 11.5 Å². The van der Waals surface area contributed by atoms with Gasteiger partial charge in [-0.05, 0) is 55.7 Å². The fraction of sp³-hybridized carbons (Fsp3) is 0.304. The van der Waals surface area contributed by atoms with Gasteiger partial charge < -0.3 is 20.1 Å². The maximum Gasteiger partial charge on any atom is 0.251 e. The van der Waals surface area contributed by atoms with Crippen LogP contribution in [0.1, 0.15) is 47.3 Å². The zero-order chi connectivity index (χ0) is 20.8. The highest BCUT2D eigenvalue weighted by Crippen LogP contribution is 2.29. The van der Waals surface area contributed by atoms with Gasteiger partial charge in [0.2, 0.25) is 5.91 Å². The first-order valence-electron chi connectivity index (χ1n) is 9.61. The molecule has 1 aliphatic carbocycles. The first-order valence-corrected chi connectivity index (χ1v) is 9.61. The summed E-state index contributed by atoms with van der Waals surface area (Å²) in [5.41, 5.74) is 2.33. The molecule has 6 nitrogen and oxygen atoms in total. The van der Waals surface area contributed by atoms with Gasteiger partial charge in [-0.15, -0.1) is 0 Å². The third-order valence-corrected chi connectivity index (χ3v) is 4.78. The van der Waals surface area contributed by atoms with Gasteiger partial charge in [-0.1, -0.05) is 12.1 Å². The van der Waals surface area contributed by atoms with Crippen molar-refractivity contribution in [2.45, 2.75) is 31.8 Å². The summed E-state index contributed by atoms with van der Waals surface area (Å²) in [7, 11) is 3.18. The van der Waals surface area contributed by atoms with E-state index in [4.69, 9.17) is 9.47 Å². The van der Waals surface area contributed by atoms with Crippen LogP contribution in [0.5, 0.6) is 11.5 Å². The summed E-state index contributed by atoms with van der Waals surface area (Å²) in [6.45, 7) is 1.89. The van der Waals surface area contributed by atoms with Gasteiger partial charge in [0.1, 0.15) is 11.5 Å². The minimum atomic E-state index is -0.235. The molecule has 29 heavy (non-hydrogen) atoms. The van der Waals surface area contributed by atoms with Crippen molar-refractivity contribution >= 4 is 17.9 Å². The molecule has 1 atom stereocenters. The molecule has 0 heterocycles. The van der Waals surface area contributed by atoms with Crippen molar-refractivity contribution in [3.05, 3.63) is 65.2 Å². The largest absolute Gasteiger partial charge is 0.497 e. The Morgan fingerprint density at radius 2 is 1.79 bits per heavy atom. The molecule has 0 radical (unpaired) electrons. The highest BCUT2D eigenvalue weighted by atomic mass is 16.5.